The fraction of sp³-hybridized carbons (Fsp3) is 0.267. The Morgan fingerprint density at radius 2 is 2.15 bits per heavy atom. The minimum Gasteiger partial charge on any atom is -0.302 e. The molecule has 1 aromatic carbocycles. The number of carbonyl (C=O) groups excluding carboxylic acids is 1. The highest BCUT2D eigenvalue weighted by Gasteiger charge is 2.26. The van der Waals surface area contributed by atoms with E-state index in [0.29, 0.717) is 23.0 Å². The highest BCUT2D eigenvalue weighted by atomic mass is 32.1. The maximum Gasteiger partial charge on any atom is 0.230 e. The average Bonchev–Trinajstić information content (AvgIpc) is 3.20. The largest absolute Gasteiger partial charge is 0.302 e. The molecule has 1 aromatic heterocycles. The van der Waals surface area contributed by atoms with E-state index in [4.69, 9.17) is 5.26 Å². The van der Waals surface area contributed by atoms with E-state index in [2.05, 4.69) is 16.4 Å². The summed E-state index contributed by atoms with van der Waals surface area (Å²) < 4.78 is 0. The van der Waals surface area contributed by atoms with Gasteiger partial charge >= 0.3 is 0 Å². The molecule has 20 heavy (non-hydrogen) atoms. The first-order chi connectivity index (χ1) is 9.74. The summed E-state index contributed by atoms with van der Waals surface area (Å²) in [6.07, 6.45) is 2.72. The van der Waals surface area contributed by atoms with Gasteiger partial charge in [0.25, 0.3) is 0 Å². The predicted molar refractivity (Wildman–Crippen MR) is 77.6 cm³/mol. The highest BCUT2D eigenvalue weighted by Crippen LogP contribution is 2.40. The summed E-state index contributed by atoms with van der Waals surface area (Å²) in [6, 6.07) is 9.10. The monoisotopic (exact) mass is 283 g/mol. The highest BCUT2D eigenvalue weighted by molar-refractivity contribution is 7.13. The Bertz CT molecular complexity index is 665. The van der Waals surface area contributed by atoms with Crippen LogP contribution in [0.2, 0.25) is 0 Å². The third-order valence-electron chi connectivity index (χ3n) is 3.21. The number of nitrogens with zero attached hydrogens (tertiary/aromatic N) is 2. The molecular formula is C15H13N3OS. The Morgan fingerprint density at radius 1 is 1.40 bits per heavy atom. The number of amides is 1. The normalized spacial score (nSPS) is 13.8. The lowest BCUT2D eigenvalue weighted by molar-refractivity contribution is -0.115. The lowest BCUT2D eigenvalue weighted by Crippen LogP contribution is -2.14. The summed E-state index contributed by atoms with van der Waals surface area (Å²) in [4.78, 5) is 16.3. The van der Waals surface area contributed by atoms with Gasteiger partial charge in [0.2, 0.25) is 5.91 Å². The number of benzene rings is 1. The molecule has 1 fully saturated rings. The van der Waals surface area contributed by atoms with E-state index in [9.17, 15) is 4.79 Å². The van der Waals surface area contributed by atoms with Gasteiger partial charge in [-0.05, 0) is 30.5 Å². The predicted octanol–water partition coefficient (Wildman–Crippen LogP) is 3.07. The zero-order valence-electron chi connectivity index (χ0n) is 10.8. The van der Waals surface area contributed by atoms with Crippen LogP contribution in [0.25, 0.3) is 0 Å². The molecule has 0 radical (unpaired) electrons. The van der Waals surface area contributed by atoms with Crippen molar-refractivity contribution >= 4 is 22.4 Å². The van der Waals surface area contributed by atoms with Crippen LogP contribution < -0.4 is 5.32 Å². The van der Waals surface area contributed by atoms with Crippen molar-refractivity contribution < 1.29 is 4.79 Å². The van der Waals surface area contributed by atoms with E-state index in [1.54, 1.807) is 24.3 Å². The van der Waals surface area contributed by atoms with Crippen molar-refractivity contribution in [1.29, 1.82) is 5.26 Å². The number of anilines is 1. The Hall–Kier alpha value is -2.19. The van der Waals surface area contributed by atoms with Crippen LogP contribution in [0, 0.1) is 11.3 Å². The van der Waals surface area contributed by atoms with E-state index in [1.807, 2.05) is 5.38 Å². The fourth-order valence-electron chi connectivity index (χ4n) is 1.96. The van der Waals surface area contributed by atoms with Crippen molar-refractivity contribution in [3.8, 4) is 6.07 Å². The third kappa shape index (κ3) is 3.03. The van der Waals surface area contributed by atoms with Crippen LogP contribution in [0.4, 0.5) is 5.13 Å². The number of hydrogen-bond acceptors (Lipinski definition) is 4. The molecule has 3 rings (SSSR count). The number of carbonyl (C=O) groups is 1. The van der Waals surface area contributed by atoms with E-state index in [0.717, 1.165) is 11.3 Å². The molecule has 1 aliphatic rings. The maximum absolute atomic E-state index is 11.9. The molecule has 4 nitrogen and oxygen atoms in total. The minimum atomic E-state index is -0.0774. The van der Waals surface area contributed by atoms with E-state index in [1.165, 1.54) is 24.2 Å². The van der Waals surface area contributed by atoms with Crippen LogP contribution in [-0.4, -0.2) is 10.9 Å². The smallest absolute Gasteiger partial charge is 0.230 e. The van der Waals surface area contributed by atoms with Gasteiger partial charge in [-0.3, -0.25) is 4.79 Å². The maximum atomic E-state index is 11.9. The van der Waals surface area contributed by atoms with E-state index in [-0.39, 0.29) is 5.91 Å². The van der Waals surface area contributed by atoms with Crippen molar-refractivity contribution in [1.82, 2.24) is 4.98 Å². The first-order valence-corrected chi connectivity index (χ1v) is 7.37. The minimum absolute atomic E-state index is 0.0774. The van der Waals surface area contributed by atoms with E-state index >= 15 is 0 Å². The number of rotatable bonds is 4. The van der Waals surface area contributed by atoms with Gasteiger partial charge in [0.05, 0.1) is 23.7 Å². The molecule has 1 N–H and O–H groups in total. The van der Waals surface area contributed by atoms with Crippen molar-refractivity contribution in [2.75, 3.05) is 5.32 Å². The average molecular weight is 283 g/mol. The molecule has 5 heteroatoms. The summed E-state index contributed by atoms with van der Waals surface area (Å²) in [7, 11) is 0. The van der Waals surface area contributed by atoms with Crippen molar-refractivity contribution in [2.24, 2.45) is 0 Å². The molecule has 2 aromatic rings. The summed E-state index contributed by atoms with van der Waals surface area (Å²) in [5.74, 6) is 0.529. The van der Waals surface area contributed by atoms with Crippen LogP contribution in [0.1, 0.15) is 35.6 Å². The van der Waals surface area contributed by atoms with Crippen LogP contribution in [0.5, 0.6) is 0 Å². The van der Waals surface area contributed by atoms with Gasteiger partial charge in [-0.25, -0.2) is 4.98 Å². The van der Waals surface area contributed by atoms with Gasteiger partial charge in [-0.1, -0.05) is 12.1 Å². The van der Waals surface area contributed by atoms with Crippen LogP contribution >= 0.6 is 11.3 Å². The lowest BCUT2D eigenvalue weighted by Gasteiger charge is -2.02. The molecule has 0 unspecified atom stereocenters. The van der Waals surface area contributed by atoms with Gasteiger partial charge in [0, 0.05) is 11.3 Å². The fourth-order valence-corrected chi connectivity index (χ4v) is 2.76. The van der Waals surface area contributed by atoms with Crippen molar-refractivity contribution in [2.45, 2.75) is 25.2 Å². The third-order valence-corrected chi connectivity index (χ3v) is 3.99. The molecule has 0 bridgehead atoms. The van der Waals surface area contributed by atoms with Gasteiger partial charge in [0.1, 0.15) is 0 Å². The topological polar surface area (TPSA) is 65.8 Å². The Labute approximate surface area is 121 Å². The zero-order valence-corrected chi connectivity index (χ0v) is 11.6. The summed E-state index contributed by atoms with van der Waals surface area (Å²) >= 11 is 1.48. The number of nitrogens with one attached hydrogen (secondary N) is 1. The van der Waals surface area contributed by atoms with Crippen molar-refractivity contribution in [3.05, 3.63) is 46.5 Å². The molecular weight excluding hydrogens is 270 g/mol. The lowest BCUT2D eigenvalue weighted by atomic mass is 10.1. The Balaban J connectivity index is 1.59. The SMILES string of the molecule is N#Cc1ccc(CC(=O)Nc2nc(C3CC3)cs2)cc1. The number of aromatic nitrogens is 1. The van der Waals surface area contributed by atoms with Gasteiger partial charge in [-0.2, -0.15) is 5.26 Å². The molecule has 1 aliphatic carbocycles. The van der Waals surface area contributed by atoms with Crippen LogP contribution in [0.15, 0.2) is 29.6 Å². The number of thiazole rings is 1. The van der Waals surface area contributed by atoms with Gasteiger partial charge in [0.15, 0.2) is 5.13 Å². The van der Waals surface area contributed by atoms with Crippen molar-refractivity contribution in [3.63, 3.8) is 0 Å². The summed E-state index contributed by atoms with van der Waals surface area (Å²) in [5.41, 5.74) is 2.59. The Kier molecular flexibility index (Phi) is 3.48. The first kappa shape index (κ1) is 12.8. The standard InChI is InChI=1S/C15H13N3OS/c16-8-11-3-1-10(2-4-11)7-14(19)18-15-17-13(9-20-15)12-5-6-12/h1-4,9,12H,5-7H2,(H,17,18,19). The molecule has 1 amide bonds. The molecule has 1 heterocycles. The number of hydrogen-bond donors (Lipinski definition) is 1. The summed E-state index contributed by atoms with van der Waals surface area (Å²) in [6.45, 7) is 0. The second-order valence-corrected chi connectivity index (χ2v) is 5.74. The quantitative estimate of drug-likeness (QED) is 0.937. The second-order valence-electron chi connectivity index (χ2n) is 4.89. The van der Waals surface area contributed by atoms with Gasteiger partial charge < -0.3 is 5.32 Å². The Morgan fingerprint density at radius 3 is 2.80 bits per heavy atom. The molecule has 100 valence electrons. The molecule has 1 saturated carbocycles. The summed E-state index contributed by atoms with van der Waals surface area (Å²) in [5, 5.41) is 14.2. The van der Waals surface area contributed by atoms with Crippen LogP contribution in [0.3, 0.4) is 0 Å². The molecule has 0 aliphatic heterocycles. The second kappa shape index (κ2) is 5.43. The number of nitriles is 1. The van der Waals surface area contributed by atoms with Gasteiger partial charge in [-0.15, -0.1) is 11.3 Å². The molecule has 0 atom stereocenters. The molecule has 0 spiro atoms. The molecule has 0 saturated heterocycles. The van der Waals surface area contributed by atoms with E-state index < -0.39 is 0 Å². The first-order valence-electron chi connectivity index (χ1n) is 6.49. The zero-order chi connectivity index (χ0) is 13.9. The van der Waals surface area contributed by atoms with Crippen LogP contribution in [-0.2, 0) is 11.2 Å².